The first-order valence-electron chi connectivity index (χ1n) is 6.70. The van der Waals surface area contributed by atoms with Crippen LogP contribution in [0.4, 0.5) is 0 Å². The summed E-state index contributed by atoms with van der Waals surface area (Å²) in [6.07, 6.45) is 0.751. The maximum atomic E-state index is 12.7. The summed E-state index contributed by atoms with van der Waals surface area (Å²) in [5.41, 5.74) is 0.550. The van der Waals surface area contributed by atoms with Gasteiger partial charge in [0, 0.05) is 31.5 Å². The predicted octanol–water partition coefficient (Wildman–Crippen LogP) is 0.987. The van der Waals surface area contributed by atoms with Crippen LogP contribution in [0.15, 0.2) is 4.90 Å². The van der Waals surface area contributed by atoms with E-state index in [0.717, 1.165) is 6.42 Å². The SMILES string of the molecule is COCC1CCN(S(=O)(=O)c2c(C)[nH]c(C(=O)O)c2C)C1. The molecule has 0 bridgehead atoms. The molecule has 0 saturated carbocycles. The van der Waals surface area contributed by atoms with Gasteiger partial charge in [0.15, 0.2) is 0 Å². The van der Waals surface area contributed by atoms with Gasteiger partial charge >= 0.3 is 5.97 Å². The highest BCUT2D eigenvalue weighted by atomic mass is 32.2. The molecule has 2 rings (SSSR count). The first kappa shape index (κ1) is 16.0. The Labute approximate surface area is 124 Å². The topological polar surface area (TPSA) is 99.7 Å². The van der Waals surface area contributed by atoms with Crippen LogP contribution in [0.2, 0.25) is 0 Å². The highest BCUT2D eigenvalue weighted by Gasteiger charge is 2.36. The van der Waals surface area contributed by atoms with Crippen molar-refractivity contribution in [3.05, 3.63) is 17.0 Å². The van der Waals surface area contributed by atoms with Crippen molar-refractivity contribution in [2.24, 2.45) is 5.92 Å². The van der Waals surface area contributed by atoms with Gasteiger partial charge in [0.2, 0.25) is 10.0 Å². The smallest absolute Gasteiger partial charge is 0.352 e. The van der Waals surface area contributed by atoms with Gasteiger partial charge in [0.1, 0.15) is 10.6 Å². The number of methoxy groups -OCH3 is 1. The van der Waals surface area contributed by atoms with Crippen LogP contribution in [0, 0.1) is 19.8 Å². The van der Waals surface area contributed by atoms with Gasteiger partial charge in [-0.2, -0.15) is 4.31 Å². The zero-order valence-corrected chi connectivity index (χ0v) is 13.2. The lowest BCUT2D eigenvalue weighted by Gasteiger charge is -2.17. The third kappa shape index (κ3) is 2.83. The molecule has 0 radical (unpaired) electrons. The standard InChI is InChI=1S/C13H20N2O5S/c1-8-11(13(16)17)14-9(2)12(8)21(18,19)15-5-4-10(6-15)7-20-3/h10,14H,4-7H2,1-3H3,(H,16,17). The Morgan fingerprint density at radius 1 is 1.48 bits per heavy atom. The van der Waals surface area contributed by atoms with Crippen molar-refractivity contribution in [1.82, 2.24) is 9.29 Å². The maximum Gasteiger partial charge on any atom is 0.352 e. The normalized spacial score (nSPS) is 20.0. The second kappa shape index (κ2) is 5.78. The molecule has 8 heteroatoms. The van der Waals surface area contributed by atoms with E-state index in [1.165, 1.54) is 11.2 Å². The average Bonchev–Trinajstić information content (AvgIpc) is 2.95. The Hall–Kier alpha value is -1.38. The summed E-state index contributed by atoms with van der Waals surface area (Å²) in [7, 11) is -2.09. The van der Waals surface area contributed by atoms with Gasteiger partial charge in [-0.25, -0.2) is 13.2 Å². The van der Waals surface area contributed by atoms with Crippen molar-refractivity contribution in [2.75, 3.05) is 26.8 Å². The quantitative estimate of drug-likeness (QED) is 0.844. The van der Waals surface area contributed by atoms with Crippen molar-refractivity contribution in [1.29, 1.82) is 0 Å². The number of nitrogens with one attached hydrogen (secondary N) is 1. The summed E-state index contributed by atoms with van der Waals surface area (Å²) in [5.74, 6) is -0.973. The molecule has 1 atom stereocenters. The van der Waals surface area contributed by atoms with Crippen molar-refractivity contribution in [3.63, 3.8) is 0 Å². The molecule has 1 aliphatic heterocycles. The molecule has 1 saturated heterocycles. The number of ether oxygens (including phenoxy) is 1. The van der Waals surface area contributed by atoms with E-state index in [-0.39, 0.29) is 22.1 Å². The minimum absolute atomic E-state index is 0.0706. The first-order valence-corrected chi connectivity index (χ1v) is 8.14. The summed E-state index contributed by atoms with van der Waals surface area (Å²) in [6, 6.07) is 0. The number of carboxylic acids is 1. The van der Waals surface area contributed by atoms with E-state index in [0.29, 0.717) is 25.4 Å². The van der Waals surface area contributed by atoms with Crippen LogP contribution in [0.3, 0.4) is 0 Å². The van der Waals surface area contributed by atoms with Crippen LogP contribution in [-0.4, -0.2) is 55.6 Å². The van der Waals surface area contributed by atoms with Crippen molar-refractivity contribution in [3.8, 4) is 0 Å². The lowest BCUT2D eigenvalue weighted by molar-refractivity contribution is 0.0690. The number of sulfonamides is 1. The molecule has 1 unspecified atom stereocenters. The largest absolute Gasteiger partial charge is 0.477 e. The van der Waals surface area contributed by atoms with E-state index in [2.05, 4.69) is 4.98 Å². The number of aryl methyl sites for hydroxylation is 1. The Balaban J connectivity index is 2.35. The van der Waals surface area contributed by atoms with Crippen molar-refractivity contribution in [2.45, 2.75) is 25.2 Å². The highest BCUT2D eigenvalue weighted by Crippen LogP contribution is 2.30. The zero-order chi connectivity index (χ0) is 15.8. The number of carbonyl (C=O) groups is 1. The molecule has 0 amide bonds. The molecule has 0 spiro atoms. The van der Waals surface area contributed by atoms with Gasteiger partial charge in [0.25, 0.3) is 0 Å². The lowest BCUT2D eigenvalue weighted by Crippen LogP contribution is -2.30. The van der Waals surface area contributed by atoms with Gasteiger partial charge in [-0.1, -0.05) is 0 Å². The van der Waals surface area contributed by atoms with Crippen LogP contribution in [-0.2, 0) is 14.8 Å². The van der Waals surface area contributed by atoms with Crippen molar-refractivity contribution >= 4 is 16.0 Å². The Morgan fingerprint density at radius 2 is 2.14 bits per heavy atom. The molecule has 2 heterocycles. The highest BCUT2D eigenvalue weighted by molar-refractivity contribution is 7.89. The average molecular weight is 316 g/mol. The number of aromatic carboxylic acids is 1. The van der Waals surface area contributed by atoms with E-state index in [1.807, 2.05) is 0 Å². The Bertz CT molecular complexity index is 650. The van der Waals surface area contributed by atoms with Gasteiger partial charge in [-0.15, -0.1) is 0 Å². The lowest BCUT2D eigenvalue weighted by atomic mass is 10.1. The predicted molar refractivity (Wildman–Crippen MR) is 76.0 cm³/mol. The molecule has 2 N–H and O–H groups in total. The third-order valence-electron chi connectivity index (χ3n) is 3.83. The van der Waals surface area contributed by atoms with Crippen molar-refractivity contribution < 1.29 is 23.1 Å². The number of hydrogen-bond acceptors (Lipinski definition) is 4. The molecule has 21 heavy (non-hydrogen) atoms. The van der Waals surface area contributed by atoms with E-state index in [4.69, 9.17) is 9.84 Å². The molecule has 1 aromatic heterocycles. The van der Waals surface area contributed by atoms with Crippen LogP contribution in [0.5, 0.6) is 0 Å². The fourth-order valence-electron chi connectivity index (χ4n) is 2.85. The molecule has 1 fully saturated rings. The second-order valence-electron chi connectivity index (χ2n) is 5.36. The molecule has 118 valence electrons. The van der Waals surface area contributed by atoms with Gasteiger partial charge < -0.3 is 14.8 Å². The van der Waals surface area contributed by atoms with Crippen LogP contribution < -0.4 is 0 Å². The number of aromatic nitrogens is 1. The Kier molecular flexibility index (Phi) is 4.40. The second-order valence-corrected chi connectivity index (χ2v) is 7.23. The zero-order valence-electron chi connectivity index (χ0n) is 12.3. The van der Waals surface area contributed by atoms with E-state index in [1.54, 1.807) is 14.0 Å². The molecular formula is C13H20N2O5S. The number of carboxylic acid groups (broad SMARTS) is 1. The fraction of sp³-hybridized carbons (Fsp3) is 0.615. The third-order valence-corrected chi connectivity index (χ3v) is 5.97. The fourth-order valence-corrected chi connectivity index (χ4v) is 4.79. The van der Waals surface area contributed by atoms with Gasteiger partial charge in [0.05, 0.1) is 6.61 Å². The number of nitrogens with zero attached hydrogens (tertiary/aromatic N) is 1. The number of hydrogen-bond donors (Lipinski definition) is 2. The number of H-pyrrole nitrogens is 1. The number of rotatable bonds is 5. The van der Waals surface area contributed by atoms with E-state index in [9.17, 15) is 13.2 Å². The molecule has 7 nitrogen and oxygen atoms in total. The first-order chi connectivity index (χ1) is 9.78. The summed E-state index contributed by atoms with van der Waals surface area (Å²) < 4.78 is 31.9. The van der Waals surface area contributed by atoms with E-state index >= 15 is 0 Å². The number of aromatic amines is 1. The molecular weight excluding hydrogens is 296 g/mol. The molecule has 1 aliphatic rings. The Morgan fingerprint density at radius 3 is 2.67 bits per heavy atom. The van der Waals surface area contributed by atoms with Crippen LogP contribution in [0.1, 0.15) is 28.2 Å². The monoisotopic (exact) mass is 316 g/mol. The van der Waals surface area contributed by atoms with Gasteiger partial charge in [-0.3, -0.25) is 0 Å². The summed E-state index contributed by atoms with van der Waals surface area (Å²) in [5, 5.41) is 9.09. The molecule has 1 aromatic rings. The maximum absolute atomic E-state index is 12.7. The summed E-state index contributed by atoms with van der Waals surface area (Å²) in [6.45, 7) is 4.46. The minimum atomic E-state index is -3.68. The van der Waals surface area contributed by atoms with Crippen LogP contribution >= 0.6 is 0 Å². The summed E-state index contributed by atoms with van der Waals surface area (Å²) >= 11 is 0. The van der Waals surface area contributed by atoms with Crippen LogP contribution in [0.25, 0.3) is 0 Å². The summed E-state index contributed by atoms with van der Waals surface area (Å²) in [4.78, 5) is 13.8. The van der Waals surface area contributed by atoms with Gasteiger partial charge in [-0.05, 0) is 26.2 Å². The molecule has 0 aromatic carbocycles. The molecule has 0 aliphatic carbocycles. The minimum Gasteiger partial charge on any atom is -0.477 e. The van der Waals surface area contributed by atoms with E-state index < -0.39 is 16.0 Å².